The van der Waals surface area contributed by atoms with Gasteiger partial charge in [-0.3, -0.25) is 9.10 Å². The molecule has 152 valence electrons. The molecule has 1 atom stereocenters. The third kappa shape index (κ3) is 5.17. The van der Waals surface area contributed by atoms with Gasteiger partial charge in [-0.05, 0) is 36.8 Å². The molecule has 5 nitrogen and oxygen atoms in total. The number of nitrogens with zero attached hydrogens (tertiary/aromatic N) is 1. The van der Waals surface area contributed by atoms with Gasteiger partial charge in [0.25, 0.3) is 0 Å². The Morgan fingerprint density at radius 3 is 2.29 bits per heavy atom. The third-order valence-corrected chi connectivity index (χ3v) is 5.40. The van der Waals surface area contributed by atoms with Crippen LogP contribution in [0.1, 0.15) is 18.9 Å². The summed E-state index contributed by atoms with van der Waals surface area (Å²) in [7, 11) is -3.85. The minimum atomic E-state index is -4.61. The lowest BCUT2D eigenvalue weighted by Crippen LogP contribution is -2.47. The topological polar surface area (TPSA) is 66.5 Å². The summed E-state index contributed by atoms with van der Waals surface area (Å²) in [5.74, 6) is -0.794. The number of para-hydroxylation sites is 1. The molecule has 0 aliphatic rings. The summed E-state index contributed by atoms with van der Waals surface area (Å²) in [6, 6.07) is 9.30. The maximum Gasteiger partial charge on any atom is 0.416 e. The number of carbonyl (C=O) groups is 1. The Bertz CT molecular complexity index is 950. The van der Waals surface area contributed by atoms with Crippen LogP contribution in [0.3, 0.4) is 0 Å². The van der Waals surface area contributed by atoms with Crippen molar-refractivity contribution in [3.05, 3.63) is 59.1 Å². The highest BCUT2D eigenvalue weighted by Gasteiger charge is 2.33. The average molecular weight is 435 g/mol. The van der Waals surface area contributed by atoms with Crippen molar-refractivity contribution in [3.8, 4) is 0 Å². The Kier molecular flexibility index (Phi) is 6.61. The summed E-state index contributed by atoms with van der Waals surface area (Å²) >= 11 is 5.91. The number of amides is 1. The maximum absolute atomic E-state index is 12.9. The summed E-state index contributed by atoms with van der Waals surface area (Å²) in [5, 5.41) is 2.22. The zero-order chi connectivity index (χ0) is 21.1. The smallest absolute Gasteiger partial charge is 0.323 e. The van der Waals surface area contributed by atoms with E-state index in [9.17, 15) is 26.4 Å². The molecular formula is C18H18ClF3N2O3S. The fraction of sp³-hybridized carbons (Fsp3) is 0.278. The van der Waals surface area contributed by atoms with Crippen molar-refractivity contribution < 1.29 is 26.4 Å². The van der Waals surface area contributed by atoms with Crippen LogP contribution in [0.15, 0.2) is 48.5 Å². The van der Waals surface area contributed by atoms with Crippen molar-refractivity contribution in [3.63, 3.8) is 0 Å². The van der Waals surface area contributed by atoms with Crippen molar-refractivity contribution in [2.24, 2.45) is 0 Å². The second kappa shape index (κ2) is 8.40. The second-order valence-corrected chi connectivity index (χ2v) is 8.27. The van der Waals surface area contributed by atoms with Gasteiger partial charge in [-0.25, -0.2) is 8.42 Å². The molecule has 0 spiro atoms. The summed E-state index contributed by atoms with van der Waals surface area (Å²) in [5.41, 5.74) is -0.966. The molecule has 10 heteroatoms. The van der Waals surface area contributed by atoms with Crippen molar-refractivity contribution in [2.75, 3.05) is 15.9 Å². The Balaban J connectivity index is 2.40. The number of rotatable bonds is 6. The molecule has 2 aromatic carbocycles. The van der Waals surface area contributed by atoms with E-state index in [1.165, 1.54) is 12.1 Å². The molecule has 0 saturated carbocycles. The van der Waals surface area contributed by atoms with Gasteiger partial charge >= 0.3 is 6.18 Å². The lowest BCUT2D eigenvalue weighted by atomic mass is 10.1. The molecule has 0 saturated heterocycles. The normalized spacial score (nSPS) is 13.1. The minimum Gasteiger partial charge on any atom is -0.323 e. The van der Waals surface area contributed by atoms with Gasteiger partial charge in [0.05, 0.1) is 28.2 Å². The van der Waals surface area contributed by atoms with E-state index in [1.54, 1.807) is 25.1 Å². The molecule has 1 N–H and O–H groups in total. The maximum atomic E-state index is 12.9. The highest BCUT2D eigenvalue weighted by atomic mass is 35.5. The van der Waals surface area contributed by atoms with Crippen molar-refractivity contribution >= 4 is 38.9 Å². The fourth-order valence-electron chi connectivity index (χ4n) is 2.65. The number of nitrogens with one attached hydrogen (secondary N) is 1. The van der Waals surface area contributed by atoms with Gasteiger partial charge in [0.1, 0.15) is 6.04 Å². The predicted octanol–water partition coefficient (Wildman–Crippen LogP) is 4.54. The molecule has 0 bridgehead atoms. The Morgan fingerprint density at radius 1 is 1.18 bits per heavy atom. The second-order valence-electron chi connectivity index (χ2n) is 6.00. The summed E-state index contributed by atoms with van der Waals surface area (Å²) in [6.45, 7) is 1.60. The Hall–Kier alpha value is -2.26. The number of hydrogen-bond acceptors (Lipinski definition) is 3. The molecule has 2 rings (SSSR count). The van der Waals surface area contributed by atoms with Crippen LogP contribution in [0, 0.1) is 0 Å². The number of halogens is 4. The van der Waals surface area contributed by atoms with Gasteiger partial charge < -0.3 is 5.32 Å². The number of hydrogen-bond donors (Lipinski definition) is 1. The van der Waals surface area contributed by atoms with Gasteiger partial charge in [-0.1, -0.05) is 36.7 Å². The largest absolute Gasteiger partial charge is 0.416 e. The van der Waals surface area contributed by atoms with E-state index in [4.69, 9.17) is 11.6 Å². The highest BCUT2D eigenvalue weighted by molar-refractivity contribution is 7.92. The molecule has 28 heavy (non-hydrogen) atoms. The SMILES string of the molecule is CC[C@H](C(=O)Nc1cc(C(F)(F)F)ccc1Cl)N(c1ccccc1)S(C)(=O)=O. The van der Waals surface area contributed by atoms with Gasteiger partial charge in [0.15, 0.2) is 0 Å². The number of sulfonamides is 1. The molecule has 0 aromatic heterocycles. The zero-order valence-electron chi connectivity index (χ0n) is 15.0. The highest BCUT2D eigenvalue weighted by Crippen LogP contribution is 2.34. The first-order chi connectivity index (χ1) is 12.9. The molecule has 1 amide bonds. The van der Waals surface area contributed by atoms with E-state index in [0.717, 1.165) is 22.7 Å². The number of anilines is 2. The molecule has 0 unspecified atom stereocenters. The standard InChI is InChI=1S/C18H18ClF3N2O3S/c1-3-16(24(28(2,26)27)13-7-5-4-6-8-13)17(25)23-15-11-12(18(20,21)22)9-10-14(15)19/h4-11,16H,3H2,1-2H3,(H,23,25)/t16-/m1/s1. The first-order valence-electron chi connectivity index (χ1n) is 8.17. The molecule has 0 fully saturated rings. The van der Waals surface area contributed by atoms with Gasteiger partial charge in [0, 0.05) is 0 Å². The predicted molar refractivity (Wildman–Crippen MR) is 103 cm³/mol. The quantitative estimate of drug-likeness (QED) is 0.725. The number of carbonyl (C=O) groups excluding carboxylic acids is 1. The van der Waals surface area contributed by atoms with Crippen LogP contribution in [0.2, 0.25) is 5.02 Å². The van der Waals surface area contributed by atoms with E-state index in [0.29, 0.717) is 6.07 Å². The first kappa shape index (κ1) is 22.0. The fourth-order valence-corrected chi connectivity index (χ4v) is 4.03. The van der Waals surface area contributed by atoms with Crippen LogP contribution in [-0.4, -0.2) is 26.6 Å². The molecule has 0 aliphatic carbocycles. The van der Waals surface area contributed by atoms with E-state index >= 15 is 0 Å². The van der Waals surface area contributed by atoms with Crippen LogP contribution < -0.4 is 9.62 Å². The van der Waals surface area contributed by atoms with Crippen molar-refractivity contribution in [1.29, 1.82) is 0 Å². The molecule has 0 radical (unpaired) electrons. The van der Waals surface area contributed by atoms with Gasteiger partial charge in [0.2, 0.25) is 15.9 Å². The van der Waals surface area contributed by atoms with Crippen LogP contribution in [0.25, 0.3) is 0 Å². The lowest BCUT2D eigenvalue weighted by Gasteiger charge is -2.30. The molecular weight excluding hydrogens is 417 g/mol. The van der Waals surface area contributed by atoms with Crippen LogP contribution in [0.5, 0.6) is 0 Å². The Labute approximate surface area is 166 Å². The van der Waals surface area contributed by atoms with E-state index in [-0.39, 0.29) is 22.8 Å². The van der Waals surface area contributed by atoms with Crippen LogP contribution in [0.4, 0.5) is 24.5 Å². The third-order valence-electron chi connectivity index (χ3n) is 3.89. The van der Waals surface area contributed by atoms with Crippen molar-refractivity contribution in [1.82, 2.24) is 0 Å². The van der Waals surface area contributed by atoms with E-state index < -0.39 is 33.7 Å². The number of alkyl halides is 3. The monoisotopic (exact) mass is 434 g/mol. The van der Waals surface area contributed by atoms with Gasteiger partial charge in [-0.2, -0.15) is 13.2 Å². The molecule has 2 aromatic rings. The average Bonchev–Trinajstić information content (AvgIpc) is 2.60. The van der Waals surface area contributed by atoms with E-state index in [1.807, 2.05) is 0 Å². The molecule has 0 heterocycles. The number of benzene rings is 2. The lowest BCUT2D eigenvalue weighted by molar-refractivity contribution is -0.137. The van der Waals surface area contributed by atoms with Gasteiger partial charge in [-0.15, -0.1) is 0 Å². The summed E-state index contributed by atoms with van der Waals surface area (Å²) in [6.07, 6.45) is -3.57. The molecule has 0 aliphatic heterocycles. The zero-order valence-corrected chi connectivity index (χ0v) is 16.6. The summed E-state index contributed by atoms with van der Waals surface area (Å²) < 4.78 is 64.3. The van der Waals surface area contributed by atoms with E-state index in [2.05, 4.69) is 5.32 Å². The first-order valence-corrected chi connectivity index (χ1v) is 10.4. The summed E-state index contributed by atoms with van der Waals surface area (Å²) in [4.78, 5) is 12.8. The Morgan fingerprint density at radius 2 is 1.79 bits per heavy atom. The minimum absolute atomic E-state index is 0.0877. The van der Waals surface area contributed by atoms with Crippen molar-refractivity contribution in [2.45, 2.75) is 25.6 Å². The van der Waals surface area contributed by atoms with Crippen LogP contribution in [-0.2, 0) is 21.0 Å². The van der Waals surface area contributed by atoms with Crippen LogP contribution >= 0.6 is 11.6 Å².